The molecule has 138 valence electrons. The SMILES string of the molecule is COc1ccc(/C=N\NC(=O)c2cc3cccc(OC)c3o2)cc1[N+](=O)[O-]. The van der Waals surface area contributed by atoms with Crippen LogP contribution in [0.2, 0.25) is 0 Å². The number of amides is 1. The molecule has 9 nitrogen and oxygen atoms in total. The lowest BCUT2D eigenvalue weighted by Gasteiger charge is -2.02. The van der Waals surface area contributed by atoms with Crippen molar-refractivity contribution in [3.05, 3.63) is 63.9 Å². The Morgan fingerprint density at radius 1 is 1.19 bits per heavy atom. The first-order valence-corrected chi connectivity index (χ1v) is 7.76. The number of hydrazone groups is 1. The van der Waals surface area contributed by atoms with Gasteiger partial charge in [-0.05, 0) is 24.3 Å². The fourth-order valence-corrected chi connectivity index (χ4v) is 2.46. The van der Waals surface area contributed by atoms with Gasteiger partial charge in [0, 0.05) is 17.0 Å². The minimum absolute atomic E-state index is 0.0624. The highest BCUT2D eigenvalue weighted by molar-refractivity contribution is 5.97. The molecule has 0 aliphatic rings. The molecule has 1 N–H and O–H groups in total. The number of ether oxygens (including phenoxy) is 2. The van der Waals surface area contributed by atoms with Crippen molar-refractivity contribution in [1.82, 2.24) is 5.43 Å². The number of carbonyl (C=O) groups excluding carboxylic acids is 1. The Morgan fingerprint density at radius 3 is 2.67 bits per heavy atom. The summed E-state index contributed by atoms with van der Waals surface area (Å²) in [6.45, 7) is 0. The van der Waals surface area contributed by atoms with Crippen molar-refractivity contribution in [1.29, 1.82) is 0 Å². The van der Waals surface area contributed by atoms with Gasteiger partial charge in [0.15, 0.2) is 22.8 Å². The number of carbonyl (C=O) groups is 1. The van der Waals surface area contributed by atoms with Crippen LogP contribution >= 0.6 is 0 Å². The lowest BCUT2D eigenvalue weighted by Crippen LogP contribution is -2.16. The van der Waals surface area contributed by atoms with Gasteiger partial charge >= 0.3 is 11.6 Å². The molecule has 1 amide bonds. The first kappa shape index (κ1) is 17.9. The molecule has 0 aliphatic heterocycles. The molecule has 3 rings (SSSR count). The predicted molar refractivity (Wildman–Crippen MR) is 97.5 cm³/mol. The minimum Gasteiger partial charge on any atom is -0.493 e. The number of fused-ring (bicyclic) bond motifs is 1. The third-order valence-electron chi connectivity index (χ3n) is 3.73. The number of hydrogen-bond donors (Lipinski definition) is 1. The van der Waals surface area contributed by atoms with Gasteiger partial charge in [-0.15, -0.1) is 0 Å². The highest BCUT2D eigenvalue weighted by Crippen LogP contribution is 2.28. The van der Waals surface area contributed by atoms with E-state index in [4.69, 9.17) is 13.9 Å². The molecule has 1 heterocycles. The molecule has 0 saturated carbocycles. The van der Waals surface area contributed by atoms with Gasteiger partial charge in [0.05, 0.1) is 25.4 Å². The lowest BCUT2D eigenvalue weighted by molar-refractivity contribution is -0.385. The second kappa shape index (κ2) is 7.56. The molecular formula is C18H15N3O6. The van der Waals surface area contributed by atoms with Crippen LogP contribution in [-0.4, -0.2) is 31.3 Å². The molecule has 3 aromatic rings. The molecule has 0 radical (unpaired) electrons. The van der Waals surface area contributed by atoms with Crippen LogP contribution in [0.1, 0.15) is 16.1 Å². The number of nitrogens with zero attached hydrogens (tertiary/aromatic N) is 2. The molecule has 2 aromatic carbocycles. The Bertz CT molecular complexity index is 1040. The fraction of sp³-hybridized carbons (Fsp3) is 0.111. The van der Waals surface area contributed by atoms with Crippen LogP contribution in [-0.2, 0) is 0 Å². The van der Waals surface area contributed by atoms with Crippen LogP contribution in [0.25, 0.3) is 11.0 Å². The molecule has 0 bridgehead atoms. The van der Waals surface area contributed by atoms with E-state index in [9.17, 15) is 14.9 Å². The van der Waals surface area contributed by atoms with E-state index in [-0.39, 0.29) is 17.2 Å². The van der Waals surface area contributed by atoms with Gasteiger partial charge in [0.25, 0.3) is 0 Å². The summed E-state index contributed by atoms with van der Waals surface area (Å²) in [5.41, 5.74) is 3.00. The third kappa shape index (κ3) is 3.71. The van der Waals surface area contributed by atoms with Crippen molar-refractivity contribution in [2.45, 2.75) is 0 Å². The molecule has 0 aliphatic carbocycles. The maximum Gasteiger partial charge on any atom is 0.311 e. The fourth-order valence-electron chi connectivity index (χ4n) is 2.46. The van der Waals surface area contributed by atoms with Crippen LogP contribution in [0.4, 0.5) is 5.69 Å². The maximum atomic E-state index is 12.2. The van der Waals surface area contributed by atoms with E-state index in [1.807, 2.05) is 0 Å². The second-order valence-electron chi connectivity index (χ2n) is 5.38. The number of para-hydroxylation sites is 1. The largest absolute Gasteiger partial charge is 0.493 e. The summed E-state index contributed by atoms with van der Waals surface area (Å²) in [7, 11) is 2.86. The quantitative estimate of drug-likeness (QED) is 0.405. The Labute approximate surface area is 153 Å². The lowest BCUT2D eigenvalue weighted by atomic mass is 10.2. The Kier molecular flexibility index (Phi) is 5.02. The Balaban J connectivity index is 1.76. The number of methoxy groups -OCH3 is 2. The van der Waals surface area contributed by atoms with Crippen molar-refractivity contribution in [3.63, 3.8) is 0 Å². The summed E-state index contributed by atoms with van der Waals surface area (Å²) in [4.78, 5) is 22.7. The van der Waals surface area contributed by atoms with Gasteiger partial charge in [-0.2, -0.15) is 5.10 Å². The first-order valence-electron chi connectivity index (χ1n) is 7.76. The standard InChI is InChI=1S/C18H15N3O6/c1-25-14-7-6-11(8-13(14)21(23)24)10-19-20-18(22)16-9-12-4-3-5-15(26-2)17(12)27-16/h3-10H,1-2H3,(H,20,22)/b19-10-. The van der Waals surface area contributed by atoms with Crippen LogP contribution in [0.15, 0.2) is 52.0 Å². The molecule has 0 unspecified atom stereocenters. The smallest absolute Gasteiger partial charge is 0.311 e. The zero-order chi connectivity index (χ0) is 19.4. The Hall–Kier alpha value is -3.88. The van der Waals surface area contributed by atoms with E-state index in [0.29, 0.717) is 22.3 Å². The highest BCUT2D eigenvalue weighted by Gasteiger charge is 2.16. The number of nitrogens with one attached hydrogen (secondary N) is 1. The number of benzene rings is 2. The zero-order valence-electron chi connectivity index (χ0n) is 14.5. The van der Waals surface area contributed by atoms with Crippen molar-refractivity contribution >= 4 is 28.8 Å². The number of nitro benzene ring substituents is 1. The number of nitro groups is 1. The van der Waals surface area contributed by atoms with Crippen molar-refractivity contribution in [2.75, 3.05) is 14.2 Å². The van der Waals surface area contributed by atoms with E-state index in [0.717, 1.165) is 0 Å². The molecule has 1 aromatic heterocycles. The molecule has 27 heavy (non-hydrogen) atoms. The summed E-state index contributed by atoms with van der Waals surface area (Å²) >= 11 is 0. The van der Waals surface area contributed by atoms with E-state index >= 15 is 0 Å². The van der Waals surface area contributed by atoms with Crippen molar-refractivity contribution in [2.24, 2.45) is 5.10 Å². The van der Waals surface area contributed by atoms with Crippen molar-refractivity contribution < 1.29 is 23.6 Å². The van der Waals surface area contributed by atoms with E-state index < -0.39 is 10.8 Å². The molecular weight excluding hydrogens is 354 g/mol. The van der Waals surface area contributed by atoms with E-state index in [1.54, 1.807) is 30.3 Å². The average molecular weight is 369 g/mol. The first-order chi connectivity index (χ1) is 13.0. The molecule has 0 atom stereocenters. The van der Waals surface area contributed by atoms with Crippen LogP contribution in [0.5, 0.6) is 11.5 Å². The van der Waals surface area contributed by atoms with Gasteiger partial charge < -0.3 is 13.9 Å². The van der Waals surface area contributed by atoms with Crippen molar-refractivity contribution in [3.8, 4) is 11.5 Å². The number of rotatable bonds is 6. The zero-order valence-corrected chi connectivity index (χ0v) is 14.5. The van der Waals surface area contributed by atoms with Gasteiger partial charge in [0.1, 0.15) is 0 Å². The molecule has 0 spiro atoms. The molecule has 0 saturated heterocycles. The van der Waals surface area contributed by atoms with Gasteiger partial charge in [-0.25, -0.2) is 5.43 Å². The predicted octanol–water partition coefficient (Wildman–Crippen LogP) is 3.12. The normalized spacial score (nSPS) is 10.9. The number of hydrogen-bond acceptors (Lipinski definition) is 7. The second-order valence-corrected chi connectivity index (χ2v) is 5.38. The molecule has 0 fully saturated rings. The average Bonchev–Trinajstić information content (AvgIpc) is 3.12. The van der Waals surface area contributed by atoms with E-state index in [2.05, 4.69) is 10.5 Å². The molecule has 9 heteroatoms. The van der Waals surface area contributed by atoms with Gasteiger partial charge in [0.2, 0.25) is 0 Å². The topological polar surface area (TPSA) is 116 Å². The monoisotopic (exact) mass is 369 g/mol. The van der Waals surface area contributed by atoms with Crippen LogP contribution < -0.4 is 14.9 Å². The Morgan fingerprint density at radius 2 is 1.96 bits per heavy atom. The van der Waals surface area contributed by atoms with Crippen LogP contribution in [0, 0.1) is 10.1 Å². The van der Waals surface area contributed by atoms with Gasteiger partial charge in [-0.1, -0.05) is 12.1 Å². The number of furan rings is 1. The maximum absolute atomic E-state index is 12.2. The van der Waals surface area contributed by atoms with E-state index in [1.165, 1.54) is 32.6 Å². The minimum atomic E-state index is -0.562. The summed E-state index contributed by atoms with van der Waals surface area (Å²) < 4.78 is 15.6. The summed E-state index contributed by atoms with van der Waals surface area (Å²) in [5, 5.41) is 15.6. The summed E-state index contributed by atoms with van der Waals surface area (Å²) in [6, 6.07) is 11.2. The van der Waals surface area contributed by atoms with Crippen LogP contribution in [0.3, 0.4) is 0 Å². The summed E-state index contributed by atoms with van der Waals surface area (Å²) in [5.74, 6) is 0.151. The highest BCUT2D eigenvalue weighted by atomic mass is 16.6. The van der Waals surface area contributed by atoms with Gasteiger partial charge in [-0.3, -0.25) is 14.9 Å². The third-order valence-corrected chi connectivity index (χ3v) is 3.73. The summed E-state index contributed by atoms with van der Waals surface area (Å²) in [6.07, 6.45) is 1.29.